The Bertz CT molecular complexity index is 534. The van der Waals surface area contributed by atoms with Crippen molar-refractivity contribution in [1.29, 1.82) is 0 Å². The van der Waals surface area contributed by atoms with E-state index in [2.05, 4.69) is 17.2 Å². The highest BCUT2D eigenvalue weighted by molar-refractivity contribution is 5.35. The van der Waals surface area contributed by atoms with Crippen molar-refractivity contribution in [3.8, 4) is 17.2 Å². The molecule has 0 saturated carbocycles. The molecule has 1 unspecified atom stereocenters. The second-order valence-corrected chi connectivity index (χ2v) is 4.67. The van der Waals surface area contributed by atoms with E-state index < -0.39 is 0 Å². The number of pyridine rings is 1. The van der Waals surface area contributed by atoms with Crippen molar-refractivity contribution >= 4 is 0 Å². The lowest BCUT2D eigenvalue weighted by Crippen LogP contribution is -2.16. The van der Waals surface area contributed by atoms with E-state index in [9.17, 15) is 0 Å². The van der Waals surface area contributed by atoms with E-state index in [4.69, 9.17) is 9.47 Å². The van der Waals surface area contributed by atoms with Gasteiger partial charge in [0.25, 0.3) is 0 Å². The smallest absolute Gasteiger partial charge is 0.145 e. The van der Waals surface area contributed by atoms with E-state index in [1.165, 1.54) is 0 Å². The molecule has 2 rings (SSSR count). The molecule has 0 aliphatic rings. The second-order valence-electron chi connectivity index (χ2n) is 4.67. The maximum Gasteiger partial charge on any atom is 0.145 e. The third-order valence-electron chi connectivity index (χ3n) is 3.24. The molecular formula is C17H22N2O2. The maximum atomic E-state index is 5.78. The molecule has 0 bridgehead atoms. The van der Waals surface area contributed by atoms with Gasteiger partial charge in [-0.3, -0.25) is 4.98 Å². The minimum Gasteiger partial charge on any atom is -0.494 e. The largest absolute Gasteiger partial charge is 0.494 e. The summed E-state index contributed by atoms with van der Waals surface area (Å²) in [6, 6.07) is 11.8. The summed E-state index contributed by atoms with van der Waals surface area (Å²) in [7, 11) is 1.94. The lowest BCUT2D eigenvalue weighted by Gasteiger charge is -2.13. The fourth-order valence-electron chi connectivity index (χ4n) is 2.13. The first-order valence-corrected chi connectivity index (χ1v) is 7.30. The molecule has 0 fully saturated rings. The summed E-state index contributed by atoms with van der Waals surface area (Å²) in [5, 5.41) is 3.24. The molecular weight excluding hydrogens is 264 g/mol. The quantitative estimate of drug-likeness (QED) is 0.837. The van der Waals surface area contributed by atoms with Crippen LogP contribution in [-0.2, 0) is 0 Å². The zero-order chi connectivity index (χ0) is 15.1. The number of benzene rings is 1. The molecule has 0 aliphatic carbocycles. The van der Waals surface area contributed by atoms with E-state index >= 15 is 0 Å². The summed E-state index contributed by atoms with van der Waals surface area (Å²) < 4.78 is 11.2. The van der Waals surface area contributed by atoms with Crippen LogP contribution in [0.25, 0.3) is 0 Å². The highest BCUT2D eigenvalue weighted by Gasteiger charge is 2.08. The van der Waals surface area contributed by atoms with Gasteiger partial charge in [0.1, 0.15) is 17.2 Å². The van der Waals surface area contributed by atoms with Crippen molar-refractivity contribution in [3.63, 3.8) is 0 Å². The van der Waals surface area contributed by atoms with Crippen LogP contribution in [0.1, 0.15) is 32.0 Å². The molecule has 0 radical (unpaired) electrons. The molecule has 0 aliphatic heterocycles. The Morgan fingerprint density at radius 3 is 2.19 bits per heavy atom. The van der Waals surface area contributed by atoms with Crippen LogP contribution in [0.3, 0.4) is 0 Å². The molecule has 0 saturated heterocycles. The summed E-state index contributed by atoms with van der Waals surface area (Å²) in [6.07, 6.45) is 2.76. The fourth-order valence-corrected chi connectivity index (χ4v) is 2.13. The van der Waals surface area contributed by atoms with Crippen LogP contribution < -0.4 is 14.8 Å². The minimum atomic E-state index is 0.282. The van der Waals surface area contributed by atoms with Gasteiger partial charge in [0.15, 0.2) is 0 Å². The fraction of sp³-hybridized carbons (Fsp3) is 0.353. The van der Waals surface area contributed by atoms with E-state index in [0.717, 1.165) is 29.4 Å². The highest BCUT2D eigenvalue weighted by atomic mass is 16.5. The van der Waals surface area contributed by atoms with Gasteiger partial charge in [-0.25, -0.2) is 0 Å². The average Bonchev–Trinajstić information content (AvgIpc) is 2.52. The Kier molecular flexibility index (Phi) is 5.58. The first-order chi connectivity index (χ1) is 10.3. The van der Waals surface area contributed by atoms with Crippen molar-refractivity contribution < 1.29 is 9.47 Å². The normalized spacial score (nSPS) is 12.0. The second kappa shape index (κ2) is 7.64. The van der Waals surface area contributed by atoms with Gasteiger partial charge in [-0.15, -0.1) is 0 Å². The van der Waals surface area contributed by atoms with E-state index in [1.807, 2.05) is 50.4 Å². The zero-order valence-corrected chi connectivity index (χ0v) is 12.8. The molecule has 1 aromatic carbocycles. The lowest BCUT2D eigenvalue weighted by molar-refractivity contribution is 0.339. The van der Waals surface area contributed by atoms with E-state index in [0.29, 0.717) is 6.61 Å². The number of hydrogen-bond donors (Lipinski definition) is 1. The van der Waals surface area contributed by atoms with Crippen LogP contribution in [0.15, 0.2) is 42.6 Å². The first kappa shape index (κ1) is 15.3. The van der Waals surface area contributed by atoms with Crippen LogP contribution in [0.2, 0.25) is 0 Å². The molecule has 4 heteroatoms. The van der Waals surface area contributed by atoms with Gasteiger partial charge in [0.05, 0.1) is 18.5 Å². The Morgan fingerprint density at radius 1 is 1.00 bits per heavy atom. The predicted octanol–water partition coefficient (Wildman–Crippen LogP) is 3.94. The molecule has 1 aromatic heterocycles. The van der Waals surface area contributed by atoms with Crippen molar-refractivity contribution in [2.75, 3.05) is 13.7 Å². The van der Waals surface area contributed by atoms with Gasteiger partial charge in [0, 0.05) is 6.04 Å². The van der Waals surface area contributed by atoms with Crippen LogP contribution in [0, 0.1) is 0 Å². The summed E-state index contributed by atoms with van der Waals surface area (Å²) in [4.78, 5) is 4.45. The monoisotopic (exact) mass is 286 g/mol. The third-order valence-corrected chi connectivity index (χ3v) is 3.24. The van der Waals surface area contributed by atoms with Crippen LogP contribution in [0.4, 0.5) is 0 Å². The van der Waals surface area contributed by atoms with Crippen molar-refractivity contribution in [3.05, 3.63) is 48.3 Å². The van der Waals surface area contributed by atoms with Crippen molar-refractivity contribution in [2.24, 2.45) is 0 Å². The summed E-state index contributed by atoms with van der Waals surface area (Å²) >= 11 is 0. The number of rotatable bonds is 7. The van der Waals surface area contributed by atoms with E-state index in [-0.39, 0.29) is 6.04 Å². The number of nitrogens with zero attached hydrogens (tertiary/aromatic N) is 1. The molecule has 112 valence electrons. The number of aromatic nitrogens is 1. The number of hydrogen-bond acceptors (Lipinski definition) is 4. The minimum absolute atomic E-state index is 0.282. The SMILES string of the molecule is CCOc1ccc(Oc2ccc(C(CC)NC)nc2)cc1. The van der Waals surface area contributed by atoms with Gasteiger partial charge in [-0.1, -0.05) is 6.92 Å². The van der Waals surface area contributed by atoms with Gasteiger partial charge >= 0.3 is 0 Å². The topological polar surface area (TPSA) is 43.4 Å². The Balaban J connectivity index is 2.02. The van der Waals surface area contributed by atoms with Gasteiger partial charge in [-0.2, -0.15) is 0 Å². The van der Waals surface area contributed by atoms with Crippen molar-refractivity contribution in [1.82, 2.24) is 10.3 Å². The number of ether oxygens (including phenoxy) is 2. The molecule has 21 heavy (non-hydrogen) atoms. The molecule has 1 atom stereocenters. The Labute approximate surface area is 126 Å². The number of nitrogens with one attached hydrogen (secondary N) is 1. The third kappa shape index (κ3) is 4.20. The van der Waals surface area contributed by atoms with Crippen molar-refractivity contribution in [2.45, 2.75) is 26.3 Å². The maximum absolute atomic E-state index is 5.78. The average molecular weight is 286 g/mol. The van der Waals surface area contributed by atoms with Gasteiger partial charge in [0.2, 0.25) is 0 Å². The Hall–Kier alpha value is -2.07. The van der Waals surface area contributed by atoms with Crippen LogP contribution in [0.5, 0.6) is 17.2 Å². The van der Waals surface area contributed by atoms with Gasteiger partial charge in [-0.05, 0) is 56.8 Å². The molecule has 1 N–H and O–H groups in total. The zero-order valence-electron chi connectivity index (χ0n) is 12.8. The lowest BCUT2D eigenvalue weighted by atomic mass is 10.1. The van der Waals surface area contributed by atoms with E-state index in [1.54, 1.807) is 6.20 Å². The summed E-state index contributed by atoms with van der Waals surface area (Å²) in [6.45, 7) is 4.76. The molecule has 0 spiro atoms. The standard InChI is InChI=1S/C17H22N2O2/c1-4-16(18-3)17-11-10-15(12-19-17)21-14-8-6-13(7-9-14)20-5-2/h6-12,16,18H,4-5H2,1-3H3. The van der Waals surface area contributed by atoms with Crippen LogP contribution in [-0.4, -0.2) is 18.6 Å². The van der Waals surface area contributed by atoms with Gasteiger partial charge < -0.3 is 14.8 Å². The summed E-state index contributed by atoms with van der Waals surface area (Å²) in [5.74, 6) is 2.35. The summed E-state index contributed by atoms with van der Waals surface area (Å²) in [5.41, 5.74) is 1.03. The first-order valence-electron chi connectivity index (χ1n) is 7.30. The highest BCUT2D eigenvalue weighted by Crippen LogP contribution is 2.24. The molecule has 1 heterocycles. The molecule has 0 amide bonds. The van der Waals surface area contributed by atoms with Crippen LogP contribution >= 0.6 is 0 Å². The molecule has 4 nitrogen and oxygen atoms in total. The predicted molar refractivity (Wildman–Crippen MR) is 84.0 cm³/mol. The molecule has 2 aromatic rings. The Morgan fingerprint density at radius 2 is 1.67 bits per heavy atom.